The average molecular weight is 357 g/mol. The molecular weight excluding hydrogens is 346 g/mol. The maximum absolute atomic E-state index is 11.4. The Bertz CT molecular complexity index is 448. The summed E-state index contributed by atoms with van der Waals surface area (Å²) in [6.07, 6.45) is 0. The Morgan fingerprint density at radius 1 is 1.27 bits per heavy atom. The molecule has 0 saturated carbocycles. The largest absolute Gasteiger partial charge is 0.281 e. The summed E-state index contributed by atoms with van der Waals surface area (Å²) in [5.74, 6) is 0.0553. The minimum absolute atomic E-state index is 0.0553. The zero-order valence-electron chi connectivity index (χ0n) is 8.34. The predicted octanol–water partition coefficient (Wildman–Crippen LogP) is 3.28. The van der Waals surface area contributed by atoms with Gasteiger partial charge in [0.15, 0.2) is 0 Å². The fourth-order valence-corrected chi connectivity index (χ4v) is 3.58. The standard InChI is InChI=1S/C9H11Br2NO2S/c1-3-15(13,14)12-9-7(10)4-6(2)5-8(9)11/h4-5,12H,3H2,1-2H3. The van der Waals surface area contributed by atoms with Gasteiger partial charge >= 0.3 is 0 Å². The Hall–Kier alpha value is -0.0700. The van der Waals surface area contributed by atoms with Gasteiger partial charge in [0.2, 0.25) is 10.0 Å². The lowest BCUT2D eigenvalue weighted by Gasteiger charge is -2.11. The van der Waals surface area contributed by atoms with Crippen molar-refractivity contribution in [2.75, 3.05) is 10.5 Å². The van der Waals surface area contributed by atoms with Gasteiger partial charge in [-0.1, -0.05) is 0 Å². The summed E-state index contributed by atoms with van der Waals surface area (Å²) in [4.78, 5) is 0. The molecule has 0 fully saturated rings. The molecule has 1 aromatic rings. The monoisotopic (exact) mass is 355 g/mol. The molecular formula is C9H11Br2NO2S. The number of hydrogen-bond acceptors (Lipinski definition) is 2. The second kappa shape index (κ2) is 4.84. The van der Waals surface area contributed by atoms with Crippen LogP contribution in [0.15, 0.2) is 21.1 Å². The van der Waals surface area contributed by atoms with Crippen LogP contribution in [0.4, 0.5) is 5.69 Å². The third kappa shape index (κ3) is 3.46. The summed E-state index contributed by atoms with van der Waals surface area (Å²) in [6.45, 7) is 3.53. The molecule has 0 radical (unpaired) electrons. The molecule has 0 atom stereocenters. The van der Waals surface area contributed by atoms with Crippen molar-refractivity contribution in [3.8, 4) is 0 Å². The minimum atomic E-state index is -3.24. The summed E-state index contributed by atoms with van der Waals surface area (Å²) >= 11 is 6.65. The van der Waals surface area contributed by atoms with E-state index in [0.29, 0.717) is 5.69 Å². The van der Waals surface area contributed by atoms with Gasteiger partial charge < -0.3 is 0 Å². The smallest absolute Gasteiger partial charge is 0.232 e. The highest BCUT2D eigenvalue weighted by molar-refractivity contribution is 9.11. The lowest BCUT2D eigenvalue weighted by molar-refractivity contribution is 0.602. The number of nitrogens with one attached hydrogen (secondary N) is 1. The van der Waals surface area contributed by atoms with Crippen molar-refractivity contribution in [2.24, 2.45) is 0 Å². The van der Waals surface area contributed by atoms with Crippen molar-refractivity contribution in [3.05, 3.63) is 26.6 Å². The number of rotatable bonds is 3. The first-order valence-corrected chi connectivity index (χ1v) is 7.55. The first kappa shape index (κ1) is 13.0. The molecule has 0 aromatic heterocycles. The summed E-state index contributed by atoms with van der Waals surface area (Å²) in [5.41, 5.74) is 1.59. The number of hydrogen-bond donors (Lipinski definition) is 1. The second-order valence-corrected chi connectivity index (χ2v) is 6.83. The first-order chi connectivity index (χ1) is 6.85. The Kier molecular flexibility index (Phi) is 4.20. The van der Waals surface area contributed by atoms with E-state index in [2.05, 4.69) is 36.6 Å². The van der Waals surface area contributed by atoms with Crippen LogP contribution in [-0.4, -0.2) is 14.2 Å². The minimum Gasteiger partial charge on any atom is -0.281 e. The normalized spacial score (nSPS) is 11.5. The first-order valence-electron chi connectivity index (χ1n) is 4.32. The molecule has 0 aliphatic carbocycles. The fraction of sp³-hybridized carbons (Fsp3) is 0.333. The zero-order chi connectivity index (χ0) is 11.6. The van der Waals surface area contributed by atoms with Crippen molar-refractivity contribution in [1.29, 1.82) is 0 Å². The molecule has 0 saturated heterocycles. The molecule has 0 aliphatic rings. The van der Waals surface area contributed by atoms with Crippen LogP contribution in [0.25, 0.3) is 0 Å². The van der Waals surface area contributed by atoms with Crippen LogP contribution in [0.3, 0.4) is 0 Å². The van der Waals surface area contributed by atoms with Gasteiger partial charge in [0, 0.05) is 8.95 Å². The van der Waals surface area contributed by atoms with Crippen LogP contribution < -0.4 is 4.72 Å². The Balaban J connectivity index is 3.17. The third-order valence-corrected chi connectivity index (χ3v) is 4.35. The van der Waals surface area contributed by atoms with E-state index >= 15 is 0 Å². The van der Waals surface area contributed by atoms with E-state index in [-0.39, 0.29) is 5.75 Å². The lowest BCUT2D eigenvalue weighted by Crippen LogP contribution is -2.15. The van der Waals surface area contributed by atoms with E-state index in [1.807, 2.05) is 19.1 Å². The van der Waals surface area contributed by atoms with Crippen LogP contribution in [0.2, 0.25) is 0 Å². The number of sulfonamides is 1. The highest BCUT2D eigenvalue weighted by Gasteiger charge is 2.12. The molecule has 0 amide bonds. The maximum atomic E-state index is 11.4. The molecule has 0 bridgehead atoms. The average Bonchev–Trinajstić information content (AvgIpc) is 2.11. The number of benzene rings is 1. The fourth-order valence-electron chi connectivity index (χ4n) is 1.03. The Morgan fingerprint density at radius 3 is 2.13 bits per heavy atom. The van der Waals surface area contributed by atoms with E-state index in [9.17, 15) is 8.42 Å². The molecule has 0 spiro atoms. The van der Waals surface area contributed by atoms with E-state index in [1.165, 1.54) is 0 Å². The highest BCUT2D eigenvalue weighted by Crippen LogP contribution is 2.32. The molecule has 1 N–H and O–H groups in total. The zero-order valence-corrected chi connectivity index (χ0v) is 12.3. The van der Waals surface area contributed by atoms with Gasteiger partial charge in [-0.05, 0) is 63.4 Å². The quantitative estimate of drug-likeness (QED) is 0.903. The van der Waals surface area contributed by atoms with Crippen molar-refractivity contribution < 1.29 is 8.42 Å². The van der Waals surface area contributed by atoms with Crippen LogP contribution >= 0.6 is 31.9 Å². The summed E-state index contributed by atoms with van der Waals surface area (Å²) in [6, 6.07) is 3.72. The topological polar surface area (TPSA) is 46.2 Å². The summed E-state index contributed by atoms with van der Waals surface area (Å²) < 4.78 is 26.8. The van der Waals surface area contributed by atoms with Gasteiger partial charge in [-0.25, -0.2) is 8.42 Å². The predicted molar refractivity (Wildman–Crippen MR) is 69.7 cm³/mol. The Labute approximate surface area is 107 Å². The molecule has 15 heavy (non-hydrogen) atoms. The lowest BCUT2D eigenvalue weighted by atomic mass is 10.2. The van der Waals surface area contributed by atoms with Crippen molar-refractivity contribution >= 4 is 47.6 Å². The van der Waals surface area contributed by atoms with Gasteiger partial charge in [-0.2, -0.15) is 0 Å². The second-order valence-electron chi connectivity index (χ2n) is 3.11. The van der Waals surface area contributed by atoms with Gasteiger partial charge in [-0.3, -0.25) is 4.72 Å². The number of aryl methyl sites for hydroxylation is 1. The SMILES string of the molecule is CCS(=O)(=O)Nc1c(Br)cc(C)cc1Br. The van der Waals surface area contributed by atoms with Gasteiger partial charge in [-0.15, -0.1) is 0 Å². The van der Waals surface area contributed by atoms with Crippen molar-refractivity contribution in [1.82, 2.24) is 0 Å². The summed E-state index contributed by atoms with van der Waals surface area (Å²) in [5, 5.41) is 0. The molecule has 0 unspecified atom stereocenters. The van der Waals surface area contributed by atoms with Crippen molar-refractivity contribution in [3.63, 3.8) is 0 Å². The molecule has 0 aliphatic heterocycles. The van der Waals surface area contributed by atoms with Gasteiger partial charge in [0.05, 0.1) is 11.4 Å². The van der Waals surface area contributed by atoms with E-state index < -0.39 is 10.0 Å². The van der Waals surface area contributed by atoms with E-state index in [1.54, 1.807) is 6.92 Å². The number of halogens is 2. The molecule has 3 nitrogen and oxygen atoms in total. The number of anilines is 1. The van der Waals surface area contributed by atoms with Crippen molar-refractivity contribution in [2.45, 2.75) is 13.8 Å². The molecule has 84 valence electrons. The maximum Gasteiger partial charge on any atom is 0.232 e. The van der Waals surface area contributed by atoms with E-state index in [4.69, 9.17) is 0 Å². The molecule has 0 heterocycles. The highest BCUT2D eigenvalue weighted by atomic mass is 79.9. The molecule has 6 heteroatoms. The Morgan fingerprint density at radius 2 is 1.73 bits per heavy atom. The summed E-state index contributed by atoms with van der Waals surface area (Å²) in [7, 11) is -3.24. The molecule has 1 rings (SSSR count). The van der Waals surface area contributed by atoms with Crippen LogP contribution in [-0.2, 0) is 10.0 Å². The van der Waals surface area contributed by atoms with Gasteiger partial charge in [0.25, 0.3) is 0 Å². The van der Waals surface area contributed by atoms with Crippen LogP contribution in [0.5, 0.6) is 0 Å². The van der Waals surface area contributed by atoms with Crippen LogP contribution in [0.1, 0.15) is 12.5 Å². The third-order valence-electron chi connectivity index (χ3n) is 1.82. The van der Waals surface area contributed by atoms with Crippen LogP contribution in [0, 0.1) is 6.92 Å². The van der Waals surface area contributed by atoms with Gasteiger partial charge in [0.1, 0.15) is 0 Å². The molecule has 1 aromatic carbocycles. The van der Waals surface area contributed by atoms with E-state index in [0.717, 1.165) is 14.5 Å².